The molecule has 1 aromatic rings. The molecule has 14 heavy (non-hydrogen) atoms. The van der Waals surface area contributed by atoms with Crippen molar-refractivity contribution in [3.05, 3.63) is 33.3 Å². The lowest BCUT2D eigenvalue weighted by atomic mass is 10.1. The zero-order valence-electron chi connectivity index (χ0n) is 6.85. The Kier molecular flexibility index (Phi) is 3.77. The van der Waals surface area contributed by atoms with Gasteiger partial charge in [0.15, 0.2) is 5.78 Å². The van der Waals surface area contributed by atoms with Gasteiger partial charge in [0, 0.05) is 0 Å². The van der Waals surface area contributed by atoms with E-state index in [-0.39, 0.29) is 27.1 Å². The summed E-state index contributed by atoms with van der Waals surface area (Å²) in [5.74, 6) is -0.634. The van der Waals surface area contributed by atoms with Gasteiger partial charge in [-0.25, -0.2) is 0 Å². The van der Waals surface area contributed by atoms with Gasteiger partial charge in [-0.1, -0.05) is 23.2 Å². The van der Waals surface area contributed by atoms with Crippen LogP contribution in [0.1, 0.15) is 15.9 Å². The summed E-state index contributed by atoms with van der Waals surface area (Å²) in [6.45, 7) is 0. The first-order valence-electron chi connectivity index (χ1n) is 3.59. The van der Waals surface area contributed by atoms with Gasteiger partial charge in [-0.05, 0) is 12.1 Å². The summed E-state index contributed by atoms with van der Waals surface area (Å²) >= 11 is 16.9. The van der Waals surface area contributed by atoms with Gasteiger partial charge in [0.2, 0.25) is 0 Å². The van der Waals surface area contributed by atoms with E-state index >= 15 is 0 Å². The molecule has 0 atom stereocenters. The topological polar surface area (TPSA) is 40.9 Å². The van der Waals surface area contributed by atoms with Crippen LogP contribution in [0.3, 0.4) is 0 Å². The average molecular weight is 248 g/mol. The van der Waals surface area contributed by atoms with Gasteiger partial charge in [-0.15, -0.1) is 11.6 Å². The minimum atomic E-state index is -0.407. The molecule has 0 saturated carbocycles. The lowest BCUT2D eigenvalue weighted by molar-refractivity contribution is 0.102. The summed E-state index contributed by atoms with van der Waals surface area (Å²) in [7, 11) is 0. The Labute approximate surface area is 96.0 Å². The highest BCUT2D eigenvalue weighted by Crippen LogP contribution is 2.26. The fourth-order valence-electron chi connectivity index (χ4n) is 1.00. The molecule has 72 valence electrons. The third-order valence-corrected chi connectivity index (χ3v) is 2.49. The number of carbonyl (C=O) groups is 1. The largest absolute Gasteiger partial charge is 0.293 e. The average Bonchev–Trinajstić information content (AvgIpc) is 2.19. The molecular weight excluding hydrogens is 244 g/mol. The second-order valence-corrected chi connectivity index (χ2v) is 3.53. The minimum absolute atomic E-state index is 0.0739. The maximum atomic E-state index is 11.3. The predicted octanol–water partition coefficient (Wildman–Crippen LogP) is 3.29. The van der Waals surface area contributed by atoms with Crippen molar-refractivity contribution < 1.29 is 4.79 Å². The molecule has 0 amide bonds. The van der Waals surface area contributed by atoms with Gasteiger partial charge in [-0.2, -0.15) is 5.26 Å². The zero-order chi connectivity index (χ0) is 10.7. The number of hydrogen-bond acceptors (Lipinski definition) is 2. The molecule has 0 fully saturated rings. The summed E-state index contributed by atoms with van der Waals surface area (Å²) in [6.07, 6.45) is 0. The number of Topliss-reactive ketones (excluding diaryl/α,β-unsaturated/α-hetero) is 1. The second-order valence-electron chi connectivity index (χ2n) is 2.45. The maximum absolute atomic E-state index is 11.3. The highest BCUT2D eigenvalue weighted by atomic mass is 35.5. The number of nitrogens with zero attached hydrogens (tertiary/aromatic N) is 1. The molecule has 0 aliphatic rings. The van der Waals surface area contributed by atoms with E-state index in [0.29, 0.717) is 0 Å². The van der Waals surface area contributed by atoms with E-state index in [1.807, 2.05) is 6.07 Å². The second kappa shape index (κ2) is 4.65. The van der Waals surface area contributed by atoms with Crippen LogP contribution in [0.5, 0.6) is 0 Å². The quantitative estimate of drug-likeness (QED) is 0.595. The molecule has 0 radical (unpaired) electrons. The van der Waals surface area contributed by atoms with E-state index in [2.05, 4.69) is 0 Å². The SMILES string of the molecule is N#Cc1c(Cl)ccc(Cl)c1C(=O)CCl. The first kappa shape index (κ1) is 11.3. The van der Waals surface area contributed by atoms with E-state index in [9.17, 15) is 4.79 Å². The number of rotatable bonds is 2. The normalized spacial score (nSPS) is 9.57. The number of alkyl halides is 1. The first-order valence-corrected chi connectivity index (χ1v) is 4.88. The van der Waals surface area contributed by atoms with Crippen molar-refractivity contribution in [2.45, 2.75) is 0 Å². The number of carbonyl (C=O) groups excluding carboxylic acids is 1. The van der Waals surface area contributed by atoms with Crippen LogP contribution < -0.4 is 0 Å². The van der Waals surface area contributed by atoms with Crippen LogP contribution >= 0.6 is 34.8 Å². The lowest BCUT2D eigenvalue weighted by Gasteiger charge is -2.04. The van der Waals surface area contributed by atoms with Crippen LogP contribution in [0, 0.1) is 11.3 Å². The van der Waals surface area contributed by atoms with Gasteiger partial charge in [0.05, 0.1) is 27.1 Å². The standard InChI is InChI=1S/C9H4Cl3NO/c10-3-8(14)9-5(4-13)6(11)1-2-7(9)12/h1-2H,3H2. The van der Waals surface area contributed by atoms with Gasteiger partial charge in [0.1, 0.15) is 6.07 Å². The molecule has 0 unspecified atom stereocenters. The monoisotopic (exact) mass is 247 g/mol. The van der Waals surface area contributed by atoms with Crippen LogP contribution in [0.25, 0.3) is 0 Å². The van der Waals surface area contributed by atoms with E-state index in [1.54, 1.807) is 0 Å². The molecule has 0 N–H and O–H groups in total. The summed E-state index contributed by atoms with van der Waals surface area (Å²) in [5.41, 5.74) is 0.168. The van der Waals surface area contributed by atoms with E-state index < -0.39 is 5.78 Å². The first-order chi connectivity index (χ1) is 6.61. The molecular formula is C9H4Cl3NO. The lowest BCUT2D eigenvalue weighted by Crippen LogP contribution is -2.04. The van der Waals surface area contributed by atoms with E-state index in [0.717, 1.165) is 0 Å². The molecule has 2 nitrogen and oxygen atoms in total. The predicted molar refractivity (Wildman–Crippen MR) is 56.2 cm³/mol. The van der Waals surface area contributed by atoms with Gasteiger partial charge in [0.25, 0.3) is 0 Å². The summed E-state index contributed by atoms with van der Waals surface area (Å²) in [6, 6.07) is 4.75. The smallest absolute Gasteiger partial charge is 0.180 e. The Morgan fingerprint density at radius 2 is 1.93 bits per heavy atom. The van der Waals surface area contributed by atoms with Crippen molar-refractivity contribution in [1.29, 1.82) is 5.26 Å². The van der Waals surface area contributed by atoms with Crippen molar-refractivity contribution in [3.63, 3.8) is 0 Å². The Balaban J connectivity index is 3.47. The number of nitriles is 1. The molecule has 0 aromatic heterocycles. The fourth-order valence-corrected chi connectivity index (χ4v) is 1.60. The number of hydrogen-bond donors (Lipinski definition) is 0. The van der Waals surface area contributed by atoms with Crippen molar-refractivity contribution >= 4 is 40.6 Å². The molecule has 1 aromatic carbocycles. The number of halogens is 3. The Bertz CT molecular complexity index is 423. The van der Waals surface area contributed by atoms with Crippen LogP contribution in [0.2, 0.25) is 10.0 Å². The van der Waals surface area contributed by atoms with Crippen molar-refractivity contribution in [2.24, 2.45) is 0 Å². The molecule has 0 heterocycles. The van der Waals surface area contributed by atoms with Crippen molar-refractivity contribution in [1.82, 2.24) is 0 Å². The molecule has 0 bridgehead atoms. The number of ketones is 1. The van der Waals surface area contributed by atoms with Crippen molar-refractivity contribution in [2.75, 3.05) is 5.88 Å². The van der Waals surface area contributed by atoms with Crippen LogP contribution in [0.4, 0.5) is 0 Å². The molecule has 0 aliphatic carbocycles. The molecule has 1 rings (SSSR count). The Hall–Kier alpha value is -0.750. The molecule has 0 aliphatic heterocycles. The summed E-state index contributed by atoms with van der Waals surface area (Å²) in [5, 5.41) is 9.17. The summed E-state index contributed by atoms with van der Waals surface area (Å²) < 4.78 is 0. The fraction of sp³-hybridized carbons (Fsp3) is 0.111. The third kappa shape index (κ3) is 2.01. The summed E-state index contributed by atoms with van der Waals surface area (Å²) in [4.78, 5) is 11.3. The highest BCUT2D eigenvalue weighted by molar-refractivity contribution is 6.39. The Morgan fingerprint density at radius 3 is 2.43 bits per heavy atom. The van der Waals surface area contributed by atoms with E-state index in [1.165, 1.54) is 12.1 Å². The van der Waals surface area contributed by atoms with Crippen molar-refractivity contribution in [3.8, 4) is 6.07 Å². The highest BCUT2D eigenvalue weighted by Gasteiger charge is 2.17. The van der Waals surface area contributed by atoms with Gasteiger partial charge < -0.3 is 0 Å². The molecule has 5 heteroatoms. The third-order valence-electron chi connectivity index (χ3n) is 1.62. The van der Waals surface area contributed by atoms with Gasteiger partial charge >= 0.3 is 0 Å². The van der Waals surface area contributed by atoms with Crippen LogP contribution in [0.15, 0.2) is 12.1 Å². The Morgan fingerprint density at radius 1 is 1.36 bits per heavy atom. The maximum Gasteiger partial charge on any atom is 0.180 e. The molecule has 0 saturated heterocycles. The zero-order valence-corrected chi connectivity index (χ0v) is 9.12. The molecule has 0 spiro atoms. The minimum Gasteiger partial charge on any atom is -0.293 e. The van der Waals surface area contributed by atoms with Gasteiger partial charge in [-0.3, -0.25) is 4.79 Å². The van der Waals surface area contributed by atoms with Crippen LogP contribution in [-0.4, -0.2) is 11.7 Å². The van der Waals surface area contributed by atoms with E-state index in [4.69, 9.17) is 40.1 Å². The number of benzene rings is 1. The van der Waals surface area contributed by atoms with Crippen LogP contribution in [-0.2, 0) is 0 Å².